The van der Waals surface area contributed by atoms with E-state index >= 15 is 0 Å². The molecule has 1 aromatic rings. The fourth-order valence-electron chi connectivity index (χ4n) is 2.20. The number of nitrogens with zero attached hydrogens (tertiary/aromatic N) is 1. The van der Waals surface area contributed by atoms with Crippen LogP contribution >= 0.6 is 15.9 Å². The standard InChI is InChI=1S/C13H15BrFNO2/c1-8-6-16(7-9(2)18-8)13(17)10-3-11(14)5-12(15)4-10/h3-5,8-9H,6-7H2,1-2H3. The number of carbonyl (C=O) groups is 1. The lowest BCUT2D eigenvalue weighted by molar-refractivity contribution is -0.0586. The van der Waals surface area contributed by atoms with Crippen molar-refractivity contribution in [1.82, 2.24) is 4.90 Å². The van der Waals surface area contributed by atoms with E-state index in [1.807, 2.05) is 13.8 Å². The SMILES string of the molecule is CC1CN(C(=O)c2cc(F)cc(Br)c2)CC(C)O1. The third kappa shape index (κ3) is 3.09. The molecule has 0 N–H and O–H groups in total. The molecule has 1 amide bonds. The number of carbonyl (C=O) groups excluding carboxylic acids is 1. The maximum absolute atomic E-state index is 13.3. The molecule has 1 heterocycles. The number of hydrogen-bond acceptors (Lipinski definition) is 2. The van der Waals surface area contributed by atoms with E-state index in [4.69, 9.17) is 4.74 Å². The van der Waals surface area contributed by atoms with Crippen molar-refractivity contribution in [3.63, 3.8) is 0 Å². The van der Waals surface area contributed by atoms with Gasteiger partial charge < -0.3 is 9.64 Å². The van der Waals surface area contributed by atoms with E-state index in [2.05, 4.69) is 15.9 Å². The smallest absolute Gasteiger partial charge is 0.254 e. The molecule has 0 saturated carbocycles. The Morgan fingerprint density at radius 2 is 1.94 bits per heavy atom. The highest BCUT2D eigenvalue weighted by Crippen LogP contribution is 2.19. The molecular weight excluding hydrogens is 301 g/mol. The molecule has 0 aliphatic carbocycles. The van der Waals surface area contributed by atoms with Gasteiger partial charge in [0, 0.05) is 23.1 Å². The average Bonchev–Trinajstić information content (AvgIpc) is 2.25. The van der Waals surface area contributed by atoms with Crippen LogP contribution in [0.4, 0.5) is 4.39 Å². The van der Waals surface area contributed by atoms with Crippen LogP contribution in [0.5, 0.6) is 0 Å². The predicted octanol–water partition coefficient (Wildman–Crippen LogP) is 2.84. The summed E-state index contributed by atoms with van der Waals surface area (Å²) in [5.74, 6) is -0.570. The second-order valence-electron chi connectivity index (χ2n) is 4.63. The molecule has 2 rings (SSSR count). The van der Waals surface area contributed by atoms with Crippen LogP contribution in [-0.4, -0.2) is 36.1 Å². The van der Waals surface area contributed by atoms with E-state index < -0.39 is 5.82 Å². The van der Waals surface area contributed by atoms with Gasteiger partial charge in [0.25, 0.3) is 5.91 Å². The van der Waals surface area contributed by atoms with Gasteiger partial charge in [-0.2, -0.15) is 0 Å². The maximum Gasteiger partial charge on any atom is 0.254 e. The predicted molar refractivity (Wildman–Crippen MR) is 70.0 cm³/mol. The largest absolute Gasteiger partial charge is 0.372 e. The summed E-state index contributed by atoms with van der Waals surface area (Å²) in [4.78, 5) is 14.0. The van der Waals surface area contributed by atoms with Crippen LogP contribution in [-0.2, 0) is 4.74 Å². The van der Waals surface area contributed by atoms with Gasteiger partial charge in [-0.3, -0.25) is 4.79 Å². The highest BCUT2D eigenvalue weighted by molar-refractivity contribution is 9.10. The van der Waals surface area contributed by atoms with Crippen molar-refractivity contribution in [3.8, 4) is 0 Å². The Bertz CT molecular complexity index is 436. The molecule has 0 bridgehead atoms. The van der Waals surface area contributed by atoms with Gasteiger partial charge in [0.15, 0.2) is 0 Å². The van der Waals surface area contributed by atoms with Gasteiger partial charge in [-0.05, 0) is 32.0 Å². The summed E-state index contributed by atoms with van der Waals surface area (Å²) in [6, 6.07) is 4.23. The van der Waals surface area contributed by atoms with Crippen LogP contribution in [0.1, 0.15) is 24.2 Å². The van der Waals surface area contributed by atoms with Crippen molar-refractivity contribution in [1.29, 1.82) is 0 Å². The molecule has 0 aromatic heterocycles. The zero-order valence-electron chi connectivity index (χ0n) is 10.3. The Hall–Kier alpha value is -0.940. The Kier molecular flexibility index (Phi) is 4.02. The first-order chi connectivity index (χ1) is 8.45. The molecular formula is C13H15BrFNO2. The van der Waals surface area contributed by atoms with Crippen molar-refractivity contribution >= 4 is 21.8 Å². The minimum absolute atomic E-state index is 0.00898. The summed E-state index contributed by atoms with van der Waals surface area (Å²) in [7, 11) is 0. The summed E-state index contributed by atoms with van der Waals surface area (Å²) in [5.41, 5.74) is 0.364. The number of benzene rings is 1. The number of rotatable bonds is 1. The minimum atomic E-state index is -0.415. The van der Waals surface area contributed by atoms with E-state index in [0.29, 0.717) is 23.1 Å². The summed E-state index contributed by atoms with van der Waals surface area (Å²) in [6.45, 7) is 4.93. The Morgan fingerprint density at radius 1 is 1.33 bits per heavy atom. The first-order valence-electron chi connectivity index (χ1n) is 5.86. The van der Waals surface area contributed by atoms with Crippen molar-refractivity contribution < 1.29 is 13.9 Å². The third-order valence-electron chi connectivity index (χ3n) is 2.82. The lowest BCUT2D eigenvalue weighted by atomic mass is 10.1. The number of morpholine rings is 1. The lowest BCUT2D eigenvalue weighted by Crippen LogP contribution is -2.48. The molecule has 1 fully saturated rings. The van der Waals surface area contributed by atoms with Gasteiger partial charge in [0.05, 0.1) is 12.2 Å². The van der Waals surface area contributed by atoms with Crippen molar-refractivity contribution in [2.24, 2.45) is 0 Å². The maximum atomic E-state index is 13.3. The van der Waals surface area contributed by atoms with Crippen LogP contribution in [0.2, 0.25) is 0 Å². The van der Waals surface area contributed by atoms with Crippen molar-refractivity contribution in [2.75, 3.05) is 13.1 Å². The Balaban J connectivity index is 2.20. The molecule has 2 atom stereocenters. The van der Waals surface area contributed by atoms with E-state index in [0.717, 1.165) is 0 Å². The van der Waals surface area contributed by atoms with E-state index in [9.17, 15) is 9.18 Å². The first-order valence-corrected chi connectivity index (χ1v) is 6.66. The quantitative estimate of drug-likeness (QED) is 0.797. The number of halogens is 2. The summed E-state index contributed by atoms with van der Waals surface area (Å²) < 4.78 is 19.4. The Labute approximate surface area is 114 Å². The van der Waals surface area contributed by atoms with E-state index in [1.54, 1.807) is 11.0 Å². The van der Waals surface area contributed by atoms with Crippen LogP contribution in [0, 0.1) is 5.82 Å². The number of hydrogen-bond donors (Lipinski definition) is 0. The Morgan fingerprint density at radius 3 is 2.50 bits per heavy atom. The van der Waals surface area contributed by atoms with Crippen LogP contribution in [0.15, 0.2) is 22.7 Å². The molecule has 1 aliphatic rings. The van der Waals surface area contributed by atoms with Crippen LogP contribution < -0.4 is 0 Å². The van der Waals surface area contributed by atoms with Gasteiger partial charge in [-0.1, -0.05) is 15.9 Å². The van der Waals surface area contributed by atoms with Gasteiger partial charge >= 0.3 is 0 Å². The minimum Gasteiger partial charge on any atom is -0.372 e. The van der Waals surface area contributed by atoms with Gasteiger partial charge in [-0.15, -0.1) is 0 Å². The monoisotopic (exact) mass is 315 g/mol. The lowest BCUT2D eigenvalue weighted by Gasteiger charge is -2.35. The molecule has 3 nitrogen and oxygen atoms in total. The average molecular weight is 316 g/mol. The summed E-state index contributed by atoms with van der Waals surface area (Å²) in [5, 5.41) is 0. The number of ether oxygens (including phenoxy) is 1. The van der Waals surface area contributed by atoms with Gasteiger partial charge in [-0.25, -0.2) is 4.39 Å². The summed E-state index contributed by atoms with van der Waals surface area (Å²) in [6.07, 6.45) is 0.0180. The molecule has 0 radical (unpaired) electrons. The third-order valence-corrected chi connectivity index (χ3v) is 3.27. The molecule has 18 heavy (non-hydrogen) atoms. The molecule has 98 valence electrons. The molecule has 2 unspecified atom stereocenters. The zero-order chi connectivity index (χ0) is 13.3. The van der Waals surface area contributed by atoms with Gasteiger partial charge in [0.2, 0.25) is 0 Å². The molecule has 1 saturated heterocycles. The zero-order valence-corrected chi connectivity index (χ0v) is 11.9. The fourth-order valence-corrected chi connectivity index (χ4v) is 2.67. The van der Waals surface area contributed by atoms with Crippen LogP contribution in [0.25, 0.3) is 0 Å². The molecule has 1 aromatic carbocycles. The van der Waals surface area contributed by atoms with Crippen LogP contribution in [0.3, 0.4) is 0 Å². The van der Waals surface area contributed by atoms with Crippen molar-refractivity contribution in [2.45, 2.75) is 26.1 Å². The first kappa shape index (κ1) is 13.5. The van der Waals surface area contributed by atoms with Gasteiger partial charge in [0.1, 0.15) is 5.82 Å². The number of amides is 1. The molecule has 0 spiro atoms. The fraction of sp³-hybridized carbons (Fsp3) is 0.462. The summed E-state index contributed by atoms with van der Waals surface area (Å²) >= 11 is 3.19. The second kappa shape index (κ2) is 5.36. The highest BCUT2D eigenvalue weighted by Gasteiger charge is 2.26. The second-order valence-corrected chi connectivity index (χ2v) is 5.54. The normalized spacial score (nSPS) is 24.1. The van der Waals surface area contributed by atoms with E-state index in [1.165, 1.54) is 12.1 Å². The topological polar surface area (TPSA) is 29.5 Å². The van der Waals surface area contributed by atoms with E-state index in [-0.39, 0.29) is 18.1 Å². The molecule has 1 aliphatic heterocycles. The highest BCUT2D eigenvalue weighted by atomic mass is 79.9. The molecule has 5 heteroatoms. The van der Waals surface area contributed by atoms with Crippen molar-refractivity contribution in [3.05, 3.63) is 34.1 Å².